The molecule has 1 aliphatic heterocycles. The molecule has 6 heteroatoms. The molecule has 1 unspecified atom stereocenters. The van der Waals surface area contributed by atoms with Gasteiger partial charge in [0.1, 0.15) is 5.82 Å². The van der Waals surface area contributed by atoms with Crippen molar-refractivity contribution in [1.29, 1.82) is 0 Å². The van der Waals surface area contributed by atoms with Crippen molar-refractivity contribution >= 4 is 15.5 Å². The van der Waals surface area contributed by atoms with E-state index in [1.54, 1.807) is 19.1 Å². The Morgan fingerprint density at radius 1 is 1.36 bits per heavy atom. The molecule has 1 aromatic carbocycles. The highest BCUT2D eigenvalue weighted by atomic mass is 32.2. The summed E-state index contributed by atoms with van der Waals surface area (Å²) in [6.45, 7) is 4.49. The minimum Gasteiger partial charge on any atom is -0.379 e. The molecule has 118 valence electrons. The number of benzene rings is 1. The van der Waals surface area contributed by atoms with Crippen molar-refractivity contribution in [3.63, 3.8) is 0 Å². The highest BCUT2D eigenvalue weighted by Gasteiger charge is 2.22. The van der Waals surface area contributed by atoms with Crippen LogP contribution >= 0.6 is 0 Å². The van der Waals surface area contributed by atoms with Gasteiger partial charge in [0, 0.05) is 25.2 Å². The third-order valence-corrected chi connectivity index (χ3v) is 5.86. The predicted molar refractivity (Wildman–Crippen MR) is 86.9 cm³/mol. The Kier molecular flexibility index (Phi) is 3.95. The zero-order valence-corrected chi connectivity index (χ0v) is 13.7. The molecule has 5 nitrogen and oxygen atoms in total. The average Bonchev–Trinajstić information content (AvgIpc) is 2.87. The van der Waals surface area contributed by atoms with Crippen LogP contribution in [-0.2, 0) is 22.8 Å². The Morgan fingerprint density at radius 3 is 2.91 bits per heavy atom. The second-order valence-corrected chi connectivity index (χ2v) is 7.98. The van der Waals surface area contributed by atoms with E-state index in [-0.39, 0.29) is 11.8 Å². The topological polar surface area (TPSA) is 64.0 Å². The van der Waals surface area contributed by atoms with Crippen LogP contribution in [0.15, 0.2) is 35.4 Å². The van der Waals surface area contributed by atoms with Gasteiger partial charge in [0.05, 0.1) is 22.0 Å². The lowest BCUT2D eigenvalue weighted by atomic mass is 10.1. The Balaban J connectivity index is 1.83. The number of anilines is 1. The van der Waals surface area contributed by atoms with Crippen LogP contribution in [0.2, 0.25) is 0 Å². The molecule has 0 saturated heterocycles. The van der Waals surface area contributed by atoms with Gasteiger partial charge in [-0.1, -0.05) is 19.1 Å². The first kappa shape index (κ1) is 15.1. The fourth-order valence-electron chi connectivity index (χ4n) is 2.94. The molecule has 0 radical (unpaired) electrons. The highest BCUT2D eigenvalue weighted by molar-refractivity contribution is 7.91. The van der Waals surface area contributed by atoms with E-state index in [0.29, 0.717) is 10.6 Å². The van der Waals surface area contributed by atoms with Crippen LogP contribution in [0, 0.1) is 6.92 Å². The monoisotopic (exact) mass is 319 g/mol. The molecule has 0 amide bonds. The molecule has 0 bridgehead atoms. The average molecular weight is 319 g/mol. The van der Waals surface area contributed by atoms with E-state index in [1.807, 2.05) is 19.1 Å². The van der Waals surface area contributed by atoms with E-state index in [1.165, 1.54) is 0 Å². The third kappa shape index (κ3) is 2.88. The number of hydrogen-bond donors (Lipinski definition) is 1. The van der Waals surface area contributed by atoms with Crippen LogP contribution in [0.3, 0.4) is 0 Å². The number of rotatable bonds is 4. The summed E-state index contributed by atoms with van der Waals surface area (Å²) in [6, 6.07) is 7.38. The van der Waals surface area contributed by atoms with Gasteiger partial charge in [0.15, 0.2) is 9.84 Å². The number of fused-ring (bicyclic) bond motifs is 1. The molecule has 1 aliphatic rings. The van der Waals surface area contributed by atoms with E-state index in [4.69, 9.17) is 0 Å². The number of nitrogens with zero attached hydrogens (tertiary/aromatic N) is 2. The number of imidazole rings is 1. The third-order valence-electron chi connectivity index (χ3n) is 4.07. The fourth-order valence-corrected chi connectivity index (χ4v) is 4.00. The van der Waals surface area contributed by atoms with Crippen molar-refractivity contribution in [3.05, 3.63) is 42.0 Å². The van der Waals surface area contributed by atoms with Crippen molar-refractivity contribution in [3.8, 4) is 0 Å². The Labute approximate surface area is 131 Å². The maximum absolute atomic E-state index is 12.2. The lowest BCUT2D eigenvalue weighted by Crippen LogP contribution is -2.31. The highest BCUT2D eigenvalue weighted by Crippen LogP contribution is 2.25. The summed E-state index contributed by atoms with van der Waals surface area (Å²) in [7, 11) is -3.22. The summed E-state index contributed by atoms with van der Waals surface area (Å²) in [6.07, 6.45) is 3.92. The molecule has 1 atom stereocenters. The maximum atomic E-state index is 12.2. The van der Waals surface area contributed by atoms with Gasteiger partial charge in [-0.2, -0.15) is 0 Å². The first-order chi connectivity index (χ1) is 10.5. The van der Waals surface area contributed by atoms with Crippen LogP contribution in [-0.4, -0.2) is 29.8 Å². The molecule has 2 heterocycles. The summed E-state index contributed by atoms with van der Waals surface area (Å²) in [4.78, 5) is 4.90. The molecule has 3 rings (SSSR count). The van der Waals surface area contributed by atoms with Crippen molar-refractivity contribution < 1.29 is 8.42 Å². The first-order valence-corrected chi connectivity index (χ1v) is 9.26. The second-order valence-electron chi connectivity index (χ2n) is 5.73. The van der Waals surface area contributed by atoms with Crippen molar-refractivity contribution in [2.75, 3.05) is 11.1 Å². The molecule has 0 saturated carbocycles. The smallest absolute Gasteiger partial charge is 0.180 e. The number of aromatic nitrogens is 2. The first-order valence-electron chi connectivity index (χ1n) is 7.60. The van der Waals surface area contributed by atoms with Gasteiger partial charge >= 0.3 is 0 Å². The van der Waals surface area contributed by atoms with Gasteiger partial charge in [0.2, 0.25) is 0 Å². The van der Waals surface area contributed by atoms with Gasteiger partial charge in [-0.05, 0) is 25.5 Å². The lowest BCUT2D eigenvalue weighted by Gasteiger charge is -2.26. The van der Waals surface area contributed by atoms with E-state index < -0.39 is 9.84 Å². The van der Waals surface area contributed by atoms with Gasteiger partial charge in [-0.15, -0.1) is 0 Å². The van der Waals surface area contributed by atoms with E-state index in [2.05, 4.69) is 21.1 Å². The summed E-state index contributed by atoms with van der Waals surface area (Å²) >= 11 is 0. The zero-order valence-electron chi connectivity index (χ0n) is 12.9. The van der Waals surface area contributed by atoms with Crippen LogP contribution < -0.4 is 5.32 Å². The molecule has 1 aromatic heterocycles. The number of hydrogen-bond acceptors (Lipinski definition) is 4. The largest absolute Gasteiger partial charge is 0.379 e. The maximum Gasteiger partial charge on any atom is 0.180 e. The Hall–Kier alpha value is -1.82. The summed E-state index contributed by atoms with van der Waals surface area (Å²) < 4.78 is 26.6. The lowest BCUT2D eigenvalue weighted by molar-refractivity contribution is 0.476. The standard InChI is InChI=1S/C16H21N3O2S/c1-3-22(20,21)15-7-5-4-6-14(15)18-13-8-9-16-17-12(2)10-19(16)11-13/h4-7,10,13,18H,3,8-9,11H2,1-2H3. The normalized spacial score (nSPS) is 18.0. The summed E-state index contributed by atoms with van der Waals surface area (Å²) in [5.41, 5.74) is 1.74. The second kappa shape index (κ2) is 5.76. The van der Waals surface area contributed by atoms with Crippen LogP contribution in [0.1, 0.15) is 24.9 Å². The molecule has 22 heavy (non-hydrogen) atoms. The van der Waals surface area contributed by atoms with Crippen LogP contribution in [0.25, 0.3) is 0 Å². The quantitative estimate of drug-likeness (QED) is 0.940. The summed E-state index contributed by atoms with van der Waals surface area (Å²) in [5, 5.41) is 3.41. The van der Waals surface area contributed by atoms with Gasteiger partial charge in [-0.25, -0.2) is 13.4 Å². The van der Waals surface area contributed by atoms with Crippen molar-refractivity contribution in [2.24, 2.45) is 0 Å². The molecule has 0 spiro atoms. The predicted octanol–water partition coefficient (Wildman–Crippen LogP) is 2.41. The number of sulfone groups is 1. The minimum absolute atomic E-state index is 0.112. The zero-order chi connectivity index (χ0) is 15.7. The van der Waals surface area contributed by atoms with Crippen LogP contribution in [0.4, 0.5) is 5.69 Å². The number of para-hydroxylation sites is 1. The van der Waals surface area contributed by atoms with E-state index >= 15 is 0 Å². The van der Waals surface area contributed by atoms with Crippen LogP contribution in [0.5, 0.6) is 0 Å². The summed E-state index contributed by atoms with van der Waals surface area (Å²) in [5.74, 6) is 1.23. The molecular weight excluding hydrogens is 298 g/mol. The van der Waals surface area contributed by atoms with Crippen molar-refractivity contribution in [2.45, 2.75) is 44.2 Å². The molecule has 0 aliphatic carbocycles. The SMILES string of the molecule is CCS(=O)(=O)c1ccccc1NC1CCc2nc(C)cn2C1. The number of nitrogens with one attached hydrogen (secondary N) is 1. The minimum atomic E-state index is -3.22. The van der Waals surface area contributed by atoms with E-state index in [0.717, 1.165) is 30.9 Å². The van der Waals surface area contributed by atoms with Gasteiger partial charge in [0.25, 0.3) is 0 Å². The fraction of sp³-hybridized carbons (Fsp3) is 0.438. The molecular formula is C16H21N3O2S. The van der Waals surface area contributed by atoms with Gasteiger partial charge in [-0.3, -0.25) is 0 Å². The van der Waals surface area contributed by atoms with E-state index in [9.17, 15) is 8.42 Å². The molecule has 1 N–H and O–H groups in total. The van der Waals surface area contributed by atoms with Gasteiger partial charge < -0.3 is 9.88 Å². The molecule has 2 aromatic rings. The number of aryl methyl sites for hydroxylation is 2. The Morgan fingerprint density at radius 2 is 2.14 bits per heavy atom. The van der Waals surface area contributed by atoms with Crippen molar-refractivity contribution in [1.82, 2.24) is 9.55 Å². The Bertz CT molecular complexity index is 780. The molecule has 0 fully saturated rings.